The van der Waals surface area contributed by atoms with E-state index in [9.17, 15) is 18.4 Å². The third kappa shape index (κ3) is 5.44. The van der Waals surface area contributed by atoms with Gasteiger partial charge in [-0.15, -0.1) is 0 Å². The summed E-state index contributed by atoms with van der Waals surface area (Å²) in [4.78, 5) is 40.4. The van der Waals surface area contributed by atoms with Gasteiger partial charge in [-0.05, 0) is 12.1 Å². The summed E-state index contributed by atoms with van der Waals surface area (Å²) in [7, 11) is 1.23. The Labute approximate surface area is 216 Å². The number of hydrogen-bond acceptors (Lipinski definition) is 9. The third-order valence-corrected chi connectivity index (χ3v) is 6.46. The number of carbonyl (C=O) groups excluding carboxylic acids is 2. The molecule has 0 saturated carbocycles. The molecule has 0 aliphatic carbocycles. The van der Waals surface area contributed by atoms with Gasteiger partial charge in [0.1, 0.15) is 18.2 Å². The Kier molecular flexibility index (Phi) is 7.49. The summed E-state index contributed by atoms with van der Waals surface area (Å²) < 4.78 is 39.3. The Morgan fingerprint density at radius 3 is 2.66 bits per heavy atom. The summed E-state index contributed by atoms with van der Waals surface area (Å²) >= 11 is 0. The second kappa shape index (κ2) is 11.1. The number of imidazole rings is 1. The van der Waals surface area contributed by atoms with E-state index >= 15 is 0 Å². The van der Waals surface area contributed by atoms with Crippen molar-refractivity contribution in [2.75, 3.05) is 69.8 Å². The number of likely N-dealkylation sites (tertiary alicyclic amines) is 1. The molecule has 0 atom stereocenters. The van der Waals surface area contributed by atoms with Crippen LogP contribution in [0.4, 0.5) is 25.3 Å². The molecular formula is C24H28F2N8O4. The van der Waals surface area contributed by atoms with Crippen molar-refractivity contribution in [1.82, 2.24) is 29.7 Å². The number of alkyl carbamates (subject to hydrolysis) is 1. The van der Waals surface area contributed by atoms with Crippen molar-refractivity contribution in [2.45, 2.75) is 6.43 Å². The quantitative estimate of drug-likeness (QED) is 0.448. The highest BCUT2D eigenvalue weighted by Gasteiger charge is 2.31. The average molecular weight is 531 g/mol. The van der Waals surface area contributed by atoms with Gasteiger partial charge in [0.15, 0.2) is 5.82 Å². The number of carbonyl (C=O) groups is 2. The Hall–Kier alpha value is -4.07. The van der Waals surface area contributed by atoms with Crippen molar-refractivity contribution in [1.29, 1.82) is 0 Å². The molecule has 2 saturated heterocycles. The van der Waals surface area contributed by atoms with Crippen LogP contribution in [0, 0.1) is 5.92 Å². The number of methoxy groups -OCH3 is 1. The molecule has 4 heterocycles. The SMILES string of the molecule is COC(=O)NCC(=O)N1CC(CNc2cc(-n3c(C(F)F)nc4ccccc43)nc(N3CCOCC3)n2)C1. The fourth-order valence-electron chi connectivity index (χ4n) is 4.45. The van der Waals surface area contributed by atoms with Gasteiger partial charge in [0.25, 0.3) is 6.43 Å². The molecule has 12 nitrogen and oxygen atoms in total. The van der Waals surface area contributed by atoms with Crippen molar-refractivity contribution in [3.8, 4) is 5.82 Å². The summed E-state index contributed by atoms with van der Waals surface area (Å²) in [6, 6.07) is 8.56. The van der Waals surface area contributed by atoms with Gasteiger partial charge in [-0.1, -0.05) is 12.1 Å². The summed E-state index contributed by atoms with van der Waals surface area (Å²) in [6.45, 7) is 3.61. The number of nitrogens with one attached hydrogen (secondary N) is 2. The molecule has 202 valence electrons. The van der Waals surface area contributed by atoms with Gasteiger partial charge in [0.2, 0.25) is 11.9 Å². The number of fused-ring (bicyclic) bond motifs is 1. The maximum absolute atomic E-state index is 14.0. The topological polar surface area (TPSA) is 127 Å². The van der Waals surface area contributed by atoms with Crippen molar-refractivity contribution >= 4 is 34.8 Å². The average Bonchev–Trinajstić information content (AvgIpc) is 3.31. The standard InChI is InChI=1S/C24H28F2N8O4/c1-37-24(36)28-12-20(35)33-13-15(14-33)11-27-18-10-19(31-23(30-18)32-6-8-38-9-7-32)34-17-5-3-2-4-16(17)29-22(34)21(25)26/h2-5,10,15,21H,6-9,11-14H2,1H3,(H,28,36)(H,27,30,31). The van der Waals surface area contributed by atoms with Crippen LogP contribution < -0.4 is 15.5 Å². The summed E-state index contributed by atoms with van der Waals surface area (Å²) in [5.41, 5.74) is 0.971. The predicted molar refractivity (Wildman–Crippen MR) is 134 cm³/mol. The van der Waals surface area contributed by atoms with Gasteiger partial charge < -0.3 is 29.9 Å². The second-order valence-corrected chi connectivity index (χ2v) is 9.00. The molecule has 2 N–H and O–H groups in total. The summed E-state index contributed by atoms with van der Waals surface area (Å²) in [5.74, 6) is 0.743. The molecule has 0 bridgehead atoms. The van der Waals surface area contributed by atoms with Crippen LogP contribution in [0.2, 0.25) is 0 Å². The molecular weight excluding hydrogens is 502 g/mol. The summed E-state index contributed by atoms with van der Waals surface area (Å²) in [6.07, 6.45) is -3.46. The van der Waals surface area contributed by atoms with Crippen LogP contribution in [0.3, 0.4) is 0 Å². The van der Waals surface area contributed by atoms with Crippen LogP contribution in [0.5, 0.6) is 0 Å². The van der Waals surface area contributed by atoms with Crippen LogP contribution >= 0.6 is 0 Å². The van der Waals surface area contributed by atoms with Gasteiger partial charge in [0.05, 0.1) is 31.4 Å². The number of benzene rings is 1. The fourth-order valence-corrected chi connectivity index (χ4v) is 4.45. The lowest BCUT2D eigenvalue weighted by Gasteiger charge is -2.39. The number of nitrogens with zero attached hydrogens (tertiary/aromatic N) is 6. The molecule has 2 amide bonds. The van der Waals surface area contributed by atoms with Crippen LogP contribution in [0.1, 0.15) is 12.2 Å². The number of halogens is 2. The van der Waals surface area contributed by atoms with E-state index in [0.29, 0.717) is 68.7 Å². The highest BCUT2D eigenvalue weighted by Crippen LogP contribution is 2.29. The molecule has 1 aromatic carbocycles. The van der Waals surface area contributed by atoms with Crippen LogP contribution in [0.25, 0.3) is 16.9 Å². The van der Waals surface area contributed by atoms with E-state index < -0.39 is 18.3 Å². The van der Waals surface area contributed by atoms with E-state index in [4.69, 9.17) is 4.74 Å². The minimum absolute atomic E-state index is 0.129. The number of alkyl halides is 2. The Bertz CT molecular complexity index is 1310. The van der Waals surface area contributed by atoms with Crippen molar-refractivity contribution in [3.63, 3.8) is 0 Å². The molecule has 14 heteroatoms. The summed E-state index contributed by atoms with van der Waals surface area (Å²) in [5, 5.41) is 5.66. The first-order valence-electron chi connectivity index (χ1n) is 12.2. The number of rotatable bonds is 8. The van der Waals surface area contributed by atoms with Gasteiger partial charge in [0, 0.05) is 44.7 Å². The molecule has 2 aliphatic heterocycles. The lowest BCUT2D eigenvalue weighted by atomic mass is 10.00. The van der Waals surface area contributed by atoms with Gasteiger partial charge in [-0.2, -0.15) is 9.97 Å². The molecule has 2 fully saturated rings. The first kappa shape index (κ1) is 25.6. The van der Waals surface area contributed by atoms with E-state index in [1.165, 1.54) is 11.7 Å². The van der Waals surface area contributed by atoms with Crippen LogP contribution in [-0.2, 0) is 14.3 Å². The molecule has 2 aromatic heterocycles. The van der Waals surface area contributed by atoms with Crippen molar-refractivity contribution in [3.05, 3.63) is 36.2 Å². The number of amides is 2. The number of aromatic nitrogens is 4. The highest BCUT2D eigenvalue weighted by molar-refractivity contribution is 5.82. The van der Waals surface area contributed by atoms with Crippen LogP contribution in [0.15, 0.2) is 30.3 Å². The monoisotopic (exact) mass is 530 g/mol. The molecule has 0 spiro atoms. The number of morpholine rings is 1. The zero-order valence-corrected chi connectivity index (χ0v) is 20.8. The molecule has 0 radical (unpaired) electrons. The molecule has 5 rings (SSSR count). The van der Waals surface area contributed by atoms with E-state index in [2.05, 4.69) is 30.3 Å². The van der Waals surface area contributed by atoms with E-state index in [0.717, 1.165) is 0 Å². The van der Waals surface area contributed by atoms with E-state index in [1.54, 1.807) is 35.2 Å². The maximum Gasteiger partial charge on any atom is 0.407 e. The molecule has 38 heavy (non-hydrogen) atoms. The number of anilines is 2. The van der Waals surface area contributed by atoms with E-state index in [1.807, 2.05) is 4.90 Å². The Morgan fingerprint density at radius 2 is 1.92 bits per heavy atom. The lowest BCUT2D eigenvalue weighted by molar-refractivity contribution is -0.136. The van der Waals surface area contributed by atoms with Crippen molar-refractivity contribution in [2.24, 2.45) is 5.92 Å². The first-order chi connectivity index (χ1) is 18.4. The lowest BCUT2D eigenvalue weighted by Crippen LogP contribution is -2.54. The number of ether oxygens (including phenoxy) is 2. The molecule has 2 aliphatic rings. The number of hydrogen-bond donors (Lipinski definition) is 2. The third-order valence-electron chi connectivity index (χ3n) is 6.46. The highest BCUT2D eigenvalue weighted by atomic mass is 19.3. The normalized spacial score (nSPS) is 16.0. The second-order valence-electron chi connectivity index (χ2n) is 9.00. The zero-order chi connectivity index (χ0) is 26.6. The van der Waals surface area contributed by atoms with E-state index in [-0.39, 0.29) is 24.2 Å². The minimum atomic E-state index is -2.80. The molecule has 3 aromatic rings. The minimum Gasteiger partial charge on any atom is -0.453 e. The van der Waals surface area contributed by atoms with Gasteiger partial charge >= 0.3 is 6.09 Å². The first-order valence-corrected chi connectivity index (χ1v) is 12.2. The Balaban J connectivity index is 1.35. The largest absolute Gasteiger partial charge is 0.453 e. The zero-order valence-electron chi connectivity index (χ0n) is 20.8. The fraction of sp³-hybridized carbons (Fsp3) is 0.458. The predicted octanol–water partition coefficient (Wildman–Crippen LogP) is 1.82. The van der Waals surface area contributed by atoms with Gasteiger partial charge in [-0.25, -0.2) is 18.6 Å². The van der Waals surface area contributed by atoms with Gasteiger partial charge in [-0.3, -0.25) is 9.36 Å². The smallest absolute Gasteiger partial charge is 0.407 e. The molecule has 0 unspecified atom stereocenters. The van der Waals surface area contributed by atoms with Crippen LogP contribution in [-0.4, -0.2) is 96.0 Å². The van der Waals surface area contributed by atoms with Crippen molar-refractivity contribution < 1.29 is 27.8 Å². The Morgan fingerprint density at radius 1 is 1.16 bits per heavy atom. The number of para-hydroxylation sites is 2. The maximum atomic E-state index is 14.0.